The fourth-order valence-corrected chi connectivity index (χ4v) is 2.75. The van der Waals surface area contributed by atoms with E-state index in [2.05, 4.69) is 24.7 Å². The van der Waals surface area contributed by atoms with Crippen LogP contribution in [-0.4, -0.2) is 23.5 Å². The van der Waals surface area contributed by atoms with Crippen LogP contribution >= 0.6 is 0 Å². The van der Waals surface area contributed by atoms with E-state index >= 15 is 0 Å². The van der Waals surface area contributed by atoms with Crippen LogP contribution in [0.2, 0.25) is 0 Å². The minimum atomic E-state index is 0.115. The molecule has 0 amide bonds. The molecule has 1 rings (SSSR count). The normalized spacial score (nSPS) is 18.9. The number of terminal acetylenes is 1. The fraction of sp³-hybridized carbons (Fsp3) is 0.867. The number of rotatable bonds is 7. The minimum absolute atomic E-state index is 0.115. The third-order valence-electron chi connectivity index (χ3n) is 3.87. The SMILES string of the molecule is C#CC1(N(CCCC)CCCC)CCCC1. The van der Waals surface area contributed by atoms with Crippen molar-refractivity contribution < 1.29 is 0 Å². The molecule has 1 heteroatoms. The second-order valence-electron chi connectivity index (χ2n) is 5.08. The topological polar surface area (TPSA) is 3.24 Å². The maximum atomic E-state index is 5.82. The smallest absolute Gasteiger partial charge is 0.0823 e. The first-order chi connectivity index (χ1) is 7.79. The van der Waals surface area contributed by atoms with Crippen molar-refractivity contribution in [3.8, 4) is 12.3 Å². The van der Waals surface area contributed by atoms with Gasteiger partial charge in [-0.05, 0) is 38.8 Å². The summed E-state index contributed by atoms with van der Waals surface area (Å²) in [5, 5.41) is 0. The maximum absolute atomic E-state index is 5.82. The average Bonchev–Trinajstić information content (AvgIpc) is 2.79. The van der Waals surface area contributed by atoms with E-state index in [0.717, 1.165) is 0 Å². The number of hydrogen-bond donors (Lipinski definition) is 0. The van der Waals surface area contributed by atoms with Gasteiger partial charge in [0, 0.05) is 0 Å². The first-order valence-corrected chi connectivity index (χ1v) is 7.02. The summed E-state index contributed by atoms with van der Waals surface area (Å²) in [4.78, 5) is 2.60. The van der Waals surface area contributed by atoms with E-state index in [1.165, 1.54) is 64.5 Å². The Kier molecular flexibility index (Phi) is 5.91. The van der Waals surface area contributed by atoms with E-state index in [-0.39, 0.29) is 5.54 Å². The molecule has 0 spiro atoms. The highest BCUT2D eigenvalue weighted by Crippen LogP contribution is 2.35. The van der Waals surface area contributed by atoms with Gasteiger partial charge in [-0.15, -0.1) is 6.42 Å². The van der Waals surface area contributed by atoms with Crippen molar-refractivity contribution in [2.24, 2.45) is 0 Å². The molecule has 0 aromatic carbocycles. The van der Waals surface area contributed by atoms with E-state index in [0.29, 0.717) is 0 Å². The van der Waals surface area contributed by atoms with Gasteiger partial charge in [0.15, 0.2) is 0 Å². The first kappa shape index (κ1) is 13.6. The van der Waals surface area contributed by atoms with Crippen LogP contribution in [0.5, 0.6) is 0 Å². The van der Waals surface area contributed by atoms with Gasteiger partial charge in [0.2, 0.25) is 0 Å². The molecule has 1 aliphatic carbocycles. The lowest BCUT2D eigenvalue weighted by Gasteiger charge is -2.37. The van der Waals surface area contributed by atoms with Gasteiger partial charge in [-0.25, -0.2) is 0 Å². The van der Waals surface area contributed by atoms with Crippen molar-refractivity contribution in [1.29, 1.82) is 0 Å². The van der Waals surface area contributed by atoms with Crippen LogP contribution in [0.4, 0.5) is 0 Å². The summed E-state index contributed by atoms with van der Waals surface area (Å²) in [5.74, 6) is 3.12. The zero-order chi connectivity index (χ0) is 11.9. The Bertz CT molecular complexity index is 212. The van der Waals surface area contributed by atoms with Crippen LogP contribution in [0.25, 0.3) is 0 Å². The maximum Gasteiger partial charge on any atom is 0.0823 e. The molecule has 0 saturated heterocycles. The number of hydrogen-bond acceptors (Lipinski definition) is 1. The van der Waals surface area contributed by atoms with Crippen molar-refractivity contribution >= 4 is 0 Å². The lowest BCUT2D eigenvalue weighted by atomic mass is 9.95. The first-order valence-electron chi connectivity index (χ1n) is 7.02. The Morgan fingerprint density at radius 3 is 1.94 bits per heavy atom. The number of unbranched alkanes of at least 4 members (excludes halogenated alkanes) is 2. The van der Waals surface area contributed by atoms with Crippen LogP contribution < -0.4 is 0 Å². The lowest BCUT2D eigenvalue weighted by Crippen LogP contribution is -2.46. The molecule has 0 N–H and O–H groups in total. The molecular formula is C15H27N. The molecule has 1 aliphatic rings. The molecule has 0 aromatic rings. The quantitative estimate of drug-likeness (QED) is 0.590. The van der Waals surface area contributed by atoms with Gasteiger partial charge in [0.1, 0.15) is 0 Å². The Morgan fingerprint density at radius 1 is 1.06 bits per heavy atom. The summed E-state index contributed by atoms with van der Waals surface area (Å²) in [6, 6.07) is 0. The highest BCUT2D eigenvalue weighted by Gasteiger charge is 2.36. The summed E-state index contributed by atoms with van der Waals surface area (Å²) < 4.78 is 0. The second kappa shape index (κ2) is 6.97. The lowest BCUT2D eigenvalue weighted by molar-refractivity contribution is 0.138. The molecule has 0 radical (unpaired) electrons. The zero-order valence-electron chi connectivity index (χ0n) is 11.1. The third kappa shape index (κ3) is 3.25. The summed E-state index contributed by atoms with van der Waals surface area (Å²) in [6.45, 7) is 6.91. The van der Waals surface area contributed by atoms with Crippen LogP contribution in [0.3, 0.4) is 0 Å². The van der Waals surface area contributed by atoms with E-state index < -0.39 is 0 Å². The van der Waals surface area contributed by atoms with Crippen LogP contribution in [-0.2, 0) is 0 Å². The van der Waals surface area contributed by atoms with Crippen molar-refractivity contribution in [2.45, 2.75) is 70.8 Å². The molecule has 0 aliphatic heterocycles. The Balaban J connectivity index is 2.61. The number of nitrogens with zero attached hydrogens (tertiary/aromatic N) is 1. The highest BCUT2D eigenvalue weighted by atomic mass is 15.2. The monoisotopic (exact) mass is 221 g/mol. The molecule has 1 fully saturated rings. The van der Waals surface area contributed by atoms with Gasteiger partial charge in [-0.1, -0.05) is 45.5 Å². The fourth-order valence-electron chi connectivity index (χ4n) is 2.75. The predicted octanol–water partition coefficient (Wildman–Crippen LogP) is 3.83. The van der Waals surface area contributed by atoms with Crippen LogP contribution in [0, 0.1) is 12.3 Å². The molecule has 1 saturated carbocycles. The van der Waals surface area contributed by atoms with E-state index in [1.807, 2.05) is 0 Å². The van der Waals surface area contributed by atoms with Gasteiger partial charge in [-0.3, -0.25) is 4.90 Å². The molecule has 0 unspecified atom stereocenters. The van der Waals surface area contributed by atoms with Crippen LogP contribution in [0.1, 0.15) is 65.2 Å². The standard InChI is InChI=1S/C15H27N/c1-4-7-13-16(14-8-5-2)15(6-3)11-9-10-12-15/h3H,4-5,7-14H2,1-2H3. The second-order valence-corrected chi connectivity index (χ2v) is 5.08. The summed E-state index contributed by atoms with van der Waals surface area (Å²) >= 11 is 0. The van der Waals surface area contributed by atoms with E-state index in [1.54, 1.807) is 0 Å². The average molecular weight is 221 g/mol. The summed E-state index contributed by atoms with van der Waals surface area (Å²) in [6.07, 6.45) is 16.0. The largest absolute Gasteiger partial charge is 0.287 e. The summed E-state index contributed by atoms with van der Waals surface area (Å²) in [7, 11) is 0. The van der Waals surface area contributed by atoms with Gasteiger partial charge < -0.3 is 0 Å². The molecule has 16 heavy (non-hydrogen) atoms. The zero-order valence-corrected chi connectivity index (χ0v) is 11.1. The van der Waals surface area contributed by atoms with Gasteiger partial charge in [0.05, 0.1) is 5.54 Å². The van der Waals surface area contributed by atoms with E-state index in [9.17, 15) is 0 Å². The van der Waals surface area contributed by atoms with Gasteiger partial charge in [0.25, 0.3) is 0 Å². The third-order valence-corrected chi connectivity index (χ3v) is 3.87. The molecular weight excluding hydrogens is 194 g/mol. The summed E-state index contributed by atoms with van der Waals surface area (Å²) in [5.41, 5.74) is 0.115. The molecule has 92 valence electrons. The molecule has 0 bridgehead atoms. The predicted molar refractivity (Wildman–Crippen MR) is 71.4 cm³/mol. The Hall–Kier alpha value is -0.480. The Labute approximate surface area is 102 Å². The van der Waals surface area contributed by atoms with Crippen LogP contribution in [0.15, 0.2) is 0 Å². The van der Waals surface area contributed by atoms with Crippen molar-refractivity contribution in [3.63, 3.8) is 0 Å². The molecule has 1 nitrogen and oxygen atoms in total. The van der Waals surface area contributed by atoms with Gasteiger partial charge >= 0.3 is 0 Å². The van der Waals surface area contributed by atoms with Crippen molar-refractivity contribution in [3.05, 3.63) is 0 Å². The van der Waals surface area contributed by atoms with E-state index in [4.69, 9.17) is 6.42 Å². The molecule has 0 heterocycles. The minimum Gasteiger partial charge on any atom is -0.287 e. The molecule has 0 aromatic heterocycles. The van der Waals surface area contributed by atoms with Crippen molar-refractivity contribution in [1.82, 2.24) is 4.90 Å². The van der Waals surface area contributed by atoms with Crippen molar-refractivity contribution in [2.75, 3.05) is 13.1 Å². The molecule has 0 atom stereocenters. The van der Waals surface area contributed by atoms with Gasteiger partial charge in [-0.2, -0.15) is 0 Å². The highest BCUT2D eigenvalue weighted by molar-refractivity contribution is 5.16. The Morgan fingerprint density at radius 2 is 1.56 bits per heavy atom.